The first kappa shape index (κ1) is 34.2. The van der Waals surface area contributed by atoms with Crippen LogP contribution in [-0.2, 0) is 29.3 Å². The molecule has 4 aromatic carbocycles. The average molecular weight is 667 g/mol. The maximum absolute atomic E-state index is 13.0. The molecule has 0 amide bonds. The molecule has 4 rings (SSSR count). The first-order chi connectivity index (χ1) is 21.6. The zero-order chi connectivity index (χ0) is 33.5. The van der Waals surface area contributed by atoms with E-state index in [4.69, 9.17) is 14.2 Å². The predicted octanol–water partition coefficient (Wildman–Crippen LogP) is 6.31. The van der Waals surface area contributed by atoms with Gasteiger partial charge in [-0.3, -0.25) is 9.59 Å². The van der Waals surface area contributed by atoms with Crippen LogP contribution < -0.4 is 14.2 Å². The highest BCUT2D eigenvalue weighted by molar-refractivity contribution is 7.91. The topological polar surface area (TPSA) is 150 Å². The molecule has 1 N–H and O–H groups in total. The lowest BCUT2D eigenvalue weighted by molar-refractivity contribution is -0.136. The molecular formula is C34H34O10S2. The summed E-state index contributed by atoms with van der Waals surface area (Å²) in [6.45, 7) is 5.69. The van der Waals surface area contributed by atoms with Crippen molar-refractivity contribution >= 4 is 31.6 Å². The van der Waals surface area contributed by atoms with E-state index in [0.29, 0.717) is 18.6 Å². The van der Waals surface area contributed by atoms with E-state index in [-0.39, 0.29) is 49.7 Å². The van der Waals surface area contributed by atoms with E-state index in [0.717, 1.165) is 0 Å². The number of phenolic OH excluding ortho intramolecular Hbond substituents is 1. The van der Waals surface area contributed by atoms with Gasteiger partial charge in [0.2, 0.25) is 19.7 Å². The molecule has 12 heteroatoms. The fraction of sp³-hybridized carbons (Fsp3) is 0.235. The molecule has 0 aliphatic carbocycles. The molecule has 0 spiro atoms. The molecule has 0 radical (unpaired) electrons. The number of phenols is 1. The summed E-state index contributed by atoms with van der Waals surface area (Å²) in [5.74, 6) is -0.221. The SMILES string of the molecule is CC(C)(C)Oc1ccc(S(=O)(=O)c2ccc(OC(=O)CCCCC(=O)Oc3ccc(S(=O)(=O)c4ccc(O)cc4)cc3)cc2)cc1. The van der Waals surface area contributed by atoms with Gasteiger partial charge in [-0.15, -0.1) is 0 Å². The monoisotopic (exact) mass is 666 g/mol. The van der Waals surface area contributed by atoms with Crippen molar-refractivity contribution in [2.45, 2.75) is 71.6 Å². The summed E-state index contributed by atoms with van der Waals surface area (Å²) in [5, 5.41) is 9.38. The minimum Gasteiger partial charge on any atom is -0.508 e. The maximum atomic E-state index is 13.0. The van der Waals surface area contributed by atoms with Crippen LogP contribution in [0.2, 0.25) is 0 Å². The van der Waals surface area contributed by atoms with Gasteiger partial charge in [0.05, 0.1) is 19.6 Å². The van der Waals surface area contributed by atoms with Crippen molar-refractivity contribution < 1.29 is 45.7 Å². The molecule has 0 heterocycles. The second-order valence-corrected chi connectivity index (χ2v) is 15.2. The van der Waals surface area contributed by atoms with E-state index in [1.165, 1.54) is 84.9 Å². The van der Waals surface area contributed by atoms with E-state index >= 15 is 0 Å². The fourth-order valence-corrected chi connectivity index (χ4v) is 6.74. The number of carbonyl (C=O) groups excluding carboxylic acids is 2. The van der Waals surface area contributed by atoms with Crippen molar-refractivity contribution in [2.24, 2.45) is 0 Å². The van der Waals surface area contributed by atoms with Gasteiger partial charge in [0.15, 0.2) is 0 Å². The summed E-state index contributed by atoms with van der Waals surface area (Å²) in [6, 6.07) is 22.2. The number of sulfone groups is 2. The molecule has 0 saturated carbocycles. The lowest BCUT2D eigenvalue weighted by atomic mass is 10.2. The van der Waals surface area contributed by atoms with Crippen molar-refractivity contribution in [3.63, 3.8) is 0 Å². The molecule has 0 unspecified atom stereocenters. The number of rotatable bonds is 12. The molecule has 242 valence electrons. The van der Waals surface area contributed by atoms with Crippen molar-refractivity contribution in [1.29, 1.82) is 0 Å². The largest absolute Gasteiger partial charge is 0.508 e. The van der Waals surface area contributed by atoms with Crippen molar-refractivity contribution in [2.75, 3.05) is 0 Å². The molecule has 10 nitrogen and oxygen atoms in total. The Morgan fingerprint density at radius 2 is 0.848 bits per heavy atom. The van der Waals surface area contributed by atoms with Gasteiger partial charge < -0.3 is 19.3 Å². The Hall–Kier alpha value is -4.68. The summed E-state index contributed by atoms with van der Waals surface area (Å²) in [4.78, 5) is 24.7. The molecule has 46 heavy (non-hydrogen) atoms. The van der Waals surface area contributed by atoms with Crippen LogP contribution in [0.25, 0.3) is 0 Å². The van der Waals surface area contributed by atoms with Crippen molar-refractivity contribution in [3.8, 4) is 23.0 Å². The van der Waals surface area contributed by atoms with Crippen LogP contribution in [0.15, 0.2) is 117 Å². The number of unbranched alkanes of at least 4 members (excludes halogenated alkanes) is 1. The van der Waals surface area contributed by atoms with Gasteiger partial charge in [-0.25, -0.2) is 16.8 Å². The van der Waals surface area contributed by atoms with Gasteiger partial charge in [-0.2, -0.15) is 0 Å². The number of hydrogen-bond donors (Lipinski definition) is 1. The fourth-order valence-electron chi connectivity index (χ4n) is 4.22. The number of esters is 2. The maximum Gasteiger partial charge on any atom is 0.311 e. The van der Waals surface area contributed by atoms with E-state index in [1.807, 2.05) is 20.8 Å². The van der Waals surface area contributed by atoms with E-state index in [9.17, 15) is 31.5 Å². The minimum atomic E-state index is -3.80. The highest BCUT2D eigenvalue weighted by atomic mass is 32.2. The summed E-state index contributed by atoms with van der Waals surface area (Å²) < 4.78 is 67.8. The van der Waals surface area contributed by atoms with Crippen molar-refractivity contribution in [1.82, 2.24) is 0 Å². The van der Waals surface area contributed by atoms with Gasteiger partial charge in [0.25, 0.3) is 0 Å². The molecule has 0 bridgehead atoms. The Kier molecular flexibility index (Phi) is 10.5. The quantitative estimate of drug-likeness (QED) is 0.104. The Morgan fingerprint density at radius 1 is 0.543 bits per heavy atom. The van der Waals surface area contributed by atoms with Crippen LogP contribution in [0, 0.1) is 0 Å². The Labute approximate surface area is 268 Å². The molecule has 0 aliphatic rings. The number of hydrogen-bond acceptors (Lipinski definition) is 10. The van der Waals surface area contributed by atoms with Crippen LogP contribution in [-0.4, -0.2) is 39.5 Å². The molecule has 0 aromatic heterocycles. The third-order valence-electron chi connectivity index (χ3n) is 6.45. The summed E-state index contributed by atoms with van der Waals surface area (Å²) in [7, 11) is -7.59. The second kappa shape index (κ2) is 14.2. The molecular weight excluding hydrogens is 632 g/mol. The highest BCUT2D eigenvalue weighted by Crippen LogP contribution is 2.27. The highest BCUT2D eigenvalue weighted by Gasteiger charge is 2.20. The minimum absolute atomic E-state index is 0.00432. The molecule has 0 atom stereocenters. The molecule has 0 fully saturated rings. The number of carbonyl (C=O) groups is 2. The standard InChI is InChI=1S/C34H34O10S2/c1-34(2,3)44-27-14-22-31(23-15-27)46(40,41)30-20-12-26(13-21-30)43-33(37)7-5-4-6-32(36)42-25-10-18-29(19-11-25)45(38,39)28-16-8-24(35)9-17-28/h8-23,35H,4-7H2,1-3H3. The lowest BCUT2D eigenvalue weighted by Crippen LogP contribution is -2.22. The van der Waals surface area contributed by atoms with Crippen LogP contribution in [0.1, 0.15) is 46.5 Å². The number of aromatic hydroxyl groups is 1. The molecule has 0 aliphatic heterocycles. The van der Waals surface area contributed by atoms with E-state index < -0.39 is 37.2 Å². The third-order valence-corrected chi connectivity index (χ3v) is 10.0. The van der Waals surface area contributed by atoms with Crippen LogP contribution in [0.4, 0.5) is 0 Å². The smallest absolute Gasteiger partial charge is 0.311 e. The second-order valence-electron chi connectivity index (χ2n) is 11.3. The van der Waals surface area contributed by atoms with Gasteiger partial charge in [-0.1, -0.05) is 0 Å². The van der Waals surface area contributed by atoms with E-state index in [1.54, 1.807) is 12.1 Å². The average Bonchev–Trinajstić information content (AvgIpc) is 2.99. The Bertz CT molecular complexity index is 1870. The summed E-state index contributed by atoms with van der Waals surface area (Å²) in [6.07, 6.45) is 0.744. The number of benzene rings is 4. The van der Waals surface area contributed by atoms with Crippen molar-refractivity contribution in [3.05, 3.63) is 97.1 Å². The zero-order valence-electron chi connectivity index (χ0n) is 25.5. The van der Waals surface area contributed by atoms with Crippen LogP contribution in [0.3, 0.4) is 0 Å². The summed E-state index contributed by atoms with van der Waals surface area (Å²) >= 11 is 0. The number of ether oxygens (including phenoxy) is 3. The van der Waals surface area contributed by atoms with Gasteiger partial charge in [0.1, 0.15) is 28.6 Å². The first-order valence-electron chi connectivity index (χ1n) is 14.3. The normalized spacial score (nSPS) is 11.9. The molecule has 0 saturated heterocycles. The molecule has 4 aromatic rings. The third kappa shape index (κ3) is 9.18. The Balaban J connectivity index is 1.20. The Morgan fingerprint density at radius 3 is 1.17 bits per heavy atom. The van der Waals surface area contributed by atoms with Gasteiger partial charge in [0, 0.05) is 12.8 Å². The van der Waals surface area contributed by atoms with Gasteiger partial charge in [-0.05, 0) is 131 Å². The van der Waals surface area contributed by atoms with Gasteiger partial charge >= 0.3 is 11.9 Å². The predicted molar refractivity (Wildman–Crippen MR) is 168 cm³/mol. The zero-order valence-corrected chi connectivity index (χ0v) is 27.1. The van der Waals surface area contributed by atoms with Crippen LogP contribution >= 0.6 is 0 Å². The van der Waals surface area contributed by atoms with E-state index in [2.05, 4.69) is 0 Å². The summed E-state index contributed by atoms with van der Waals surface area (Å²) in [5.41, 5.74) is -0.415. The first-order valence-corrected chi connectivity index (χ1v) is 17.3. The van der Waals surface area contributed by atoms with Crippen LogP contribution in [0.5, 0.6) is 23.0 Å². The lowest BCUT2D eigenvalue weighted by Gasteiger charge is -2.21.